The third-order valence-corrected chi connectivity index (χ3v) is 7.35. The summed E-state index contributed by atoms with van der Waals surface area (Å²) in [6.45, 7) is 7.31. The molecule has 0 heterocycles. The van der Waals surface area contributed by atoms with Gasteiger partial charge in [0.2, 0.25) is 0 Å². The van der Waals surface area contributed by atoms with Gasteiger partial charge in [-0.1, -0.05) is 41.9 Å². The first-order valence-electron chi connectivity index (χ1n) is 9.93. The number of rotatable bonds is 10. The molecule has 2 rings (SSSR count). The van der Waals surface area contributed by atoms with Gasteiger partial charge in [0.05, 0.1) is 5.75 Å². The number of carbonyl (C=O) groups excluding carboxylic acids is 2. The number of anilines is 2. The monoisotopic (exact) mass is 466 g/mol. The van der Waals surface area contributed by atoms with E-state index in [1.165, 1.54) is 12.1 Å². The van der Waals surface area contributed by atoms with Gasteiger partial charge in [0.25, 0.3) is 0 Å². The number of hydrogen-bond donors (Lipinski definition) is 1. The van der Waals surface area contributed by atoms with Crippen molar-refractivity contribution in [2.75, 3.05) is 35.7 Å². The van der Waals surface area contributed by atoms with Crippen LogP contribution in [0.4, 0.5) is 16.2 Å². The number of ketones is 1. The van der Waals surface area contributed by atoms with Gasteiger partial charge in [-0.3, -0.25) is 10.1 Å². The standard InChI is InChI=1S/C22H27ClN2O5S/c1-4-25(5-2)18-11-12-19(16(3)15-18)24-22(27)30-13-14-31(28,29)21(23)20(26)17-9-7-6-8-10-17/h6-12,15,21H,4-5,13-14H2,1-3H3,(H,24,27). The lowest BCUT2D eigenvalue weighted by molar-refractivity contribution is 0.101. The summed E-state index contributed by atoms with van der Waals surface area (Å²) in [5.41, 5.74) is 2.67. The van der Waals surface area contributed by atoms with Gasteiger partial charge >= 0.3 is 6.09 Å². The van der Waals surface area contributed by atoms with E-state index in [1.54, 1.807) is 24.3 Å². The lowest BCUT2D eigenvalue weighted by Crippen LogP contribution is -2.30. The molecule has 0 bridgehead atoms. The van der Waals surface area contributed by atoms with Crippen molar-refractivity contribution in [1.82, 2.24) is 0 Å². The molecular formula is C22H27ClN2O5S. The summed E-state index contributed by atoms with van der Waals surface area (Å²) in [5.74, 6) is -1.27. The fourth-order valence-corrected chi connectivity index (χ4v) is 4.35. The average molecular weight is 467 g/mol. The Bertz CT molecular complexity index is 1010. The second-order valence-corrected chi connectivity index (χ2v) is 9.75. The third-order valence-electron chi connectivity index (χ3n) is 4.76. The molecule has 0 fully saturated rings. The van der Waals surface area contributed by atoms with Gasteiger partial charge in [0.15, 0.2) is 20.3 Å². The van der Waals surface area contributed by atoms with E-state index < -0.39 is 38.8 Å². The minimum absolute atomic E-state index is 0.202. The Morgan fingerprint density at radius 2 is 1.74 bits per heavy atom. The number of amides is 1. The summed E-state index contributed by atoms with van der Waals surface area (Å²) < 4.78 is 27.9. The van der Waals surface area contributed by atoms with Crippen molar-refractivity contribution in [2.24, 2.45) is 0 Å². The molecule has 2 aromatic rings. The number of hydrogen-bond acceptors (Lipinski definition) is 6. The summed E-state index contributed by atoms with van der Waals surface area (Å²) in [7, 11) is -4.00. The Hall–Kier alpha value is -2.58. The Morgan fingerprint density at radius 3 is 2.32 bits per heavy atom. The molecule has 0 spiro atoms. The molecule has 1 amide bonds. The molecule has 0 aromatic heterocycles. The average Bonchev–Trinajstić information content (AvgIpc) is 2.75. The number of nitrogens with one attached hydrogen (secondary N) is 1. The molecule has 2 aromatic carbocycles. The smallest absolute Gasteiger partial charge is 0.411 e. The van der Waals surface area contributed by atoms with Crippen molar-refractivity contribution in [1.29, 1.82) is 0 Å². The van der Waals surface area contributed by atoms with Crippen molar-refractivity contribution in [3.8, 4) is 0 Å². The van der Waals surface area contributed by atoms with Crippen LogP contribution in [0.2, 0.25) is 0 Å². The Morgan fingerprint density at radius 1 is 1.10 bits per heavy atom. The zero-order chi connectivity index (χ0) is 23.0. The molecular weight excluding hydrogens is 440 g/mol. The Kier molecular flexibility index (Phi) is 8.88. The first kappa shape index (κ1) is 24.7. The van der Waals surface area contributed by atoms with Crippen LogP contribution in [0.25, 0.3) is 0 Å². The Balaban J connectivity index is 1.90. The molecule has 31 heavy (non-hydrogen) atoms. The minimum atomic E-state index is -4.00. The third kappa shape index (κ3) is 6.70. The number of alkyl halides is 1. The van der Waals surface area contributed by atoms with Crippen LogP contribution in [0.15, 0.2) is 48.5 Å². The van der Waals surface area contributed by atoms with Gasteiger partial charge in [-0.15, -0.1) is 0 Å². The van der Waals surface area contributed by atoms with Gasteiger partial charge in [0.1, 0.15) is 6.61 Å². The normalized spacial score (nSPS) is 12.1. The molecule has 9 heteroatoms. The lowest BCUT2D eigenvalue weighted by atomic mass is 10.1. The van der Waals surface area contributed by atoms with Crippen molar-refractivity contribution in [3.63, 3.8) is 0 Å². The van der Waals surface area contributed by atoms with Gasteiger partial charge in [0, 0.05) is 30.0 Å². The first-order chi connectivity index (χ1) is 14.7. The van der Waals surface area contributed by atoms with E-state index in [0.29, 0.717) is 5.69 Å². The fraction of sp³-hybridized carbons (Fsp3) is 0.364. The predicted octanol–water partition coefficient (Wildman–Crippen LogP) is 4.25. The molecule has 168 valence electrons. The highest BCUT2D eigenvalue weighted by Crippen LogP contribution is 2.23. The SMILES string of the molecule is CCN(CC)c1ccc(NC(=O)OCCS(=O)(=O)C(Cl)C(=O)c2ccccc2)c(C)c1. The highest BCUT2D eigenvalue weighted by atomic mass is 35.5. The number of Topliss-reactive ketones (excluding diaryl/α,β-unsaturated/α-hetero) is 1. The molecule has 1 atom stereocenters. The van der Waals surface area contributed by atoms with E-state index in [0.717, 1.165) is 24.3 Å². The topological polar surface area (TPSA) is 92.8 Å². The van der Waals surface area contributed by atoms with Crippen LogP contribution < -0.4 is 10.2 Å². The van der Waals surface area contributed by atoms with Crippen molar-refractivity contribution >= 4 is 44.7 Å². The molecule has 0 radical (unpaired) electrons. The van der Waals surface area contributed by atoms with Gasteiger partial charge in [-0.25, -0.2) is 13.2 Å². The molecule has 1 unspecified atom stereocenters. The van der Waals surface area contributed by atoms with Crippen molar-refractivity contribution in [2.45, 2.75) is 25.5 Å². The van der Waals surface area contributed by atoms with E-state index in [4.69, 9.17) is 16.3 Å². The molecule has 0 saturated carbocycles. The Labute approximate surface area is 188 Å². The van der Waals surface area contributed by atoms with Crippen LogP contribution in [0.1, 0.15) is 29.8 Å². The van der Waals surface area contributed by atoms with Crippen LogP contribution in [0.5, 0.6) is 0 Å². The van der Waals surface area contributed by atoms with Crippen molar-refractivity contribution in [3.05, 3.63) is 59.7 Å². The predicted molar refractivity (Wildman–Crippen MR) is 124 cm³/mol. The number of sulfone groups is 1. The number of carbonyl (C=O) groups is 2. The van der Waals surface area contributed by atoms with Crippen molar-refractivity contribution < 1.29 is 22.7 Å². The molecule has 7 nitrogen and oxygen atoms in total. The summed E-state index contributed by atoms with van der Waals surface area (Å²) in [6, 6.07) is 13.6. The van der Waals surface area contributed by atoms with Crippen LogP contribution >= 0.6 is 11.6 Å². The number of nitrogens with zero attached hydrogens (tertiary/aromatic N) is 1. The summed E-state index contributed by atoms with van der Waals surface area (Å²) in [5, 5.41) is 2.60. The maximum absolute atomic E-state index is 12.3. The van der Waals surface area contributed by atoms with Gasteiger partial charge in [-0.05, 0) is 44.5 Å². The molecule has 0 aliphatic heterocycles. The summed E-state index contributed by atoms with van der Waals surface area (Å²) in [6.07, 6.45) is -0.783. The maximum atomic E-state index is 12.3. The number of halogens is 1. The van der Waals surface area contributed by atoms with E-state index in [2.05, 4.69) is 24.1 Å². The fourth-order valence-electron chi connectivity index (χ4n) is 2.97. The minimum Gasteiger partial charge on any atom is -0.448 e. The van der Waals surface area contributed by atoms with E-state index in [1.807, 2.05) is 19.1 Å². The maximum Gasteiger partial charge on any atom is 0.411 e. The van der Waals surface area contributed by atoms with E-state index >= 15 is 0 Å². The highest BCUT2D eigenvalue weighted by molar-refractivity contribution is 7.94. The molecule has 0 aliphatic rings. The van der Waals surface area contributed by atoms with Gasteiger partial charge in [-0.2, -0.15) is 0 Å². The number of aryl methyl sites for hydroxylation is 1. The largest absolute Gasteiger partial charge is 0.448 e. The zero-order valence-corrected chi connectivity index (χ0v) is 19.4. The first-order valence-corrected chi connectivity index (χ1v) is 12.1. The van der Waals surface area contributed by atoms with E-state index in [-0.39, 0.29) is 5.56 Å². The van der Waals surface area contributed by atoms with Crippen LogP contribution in [0, 0.1) is 6.92 Å². The van der Waals surface area contributed by atoms with Crippen LogP contribution in [-0.2, 0) is 14.6 Å². The molecule has 1 N–H and O–H groups in total. The molecule has 0 saturated heterocycles. The molecule has 0 aliphatic carbocycles. The second-order valence-electron chi connectivity index (χ2n) is 6.85. The quantitative estimate of drug-likeness (QED) is 0.415. The van der Waals surface area contributed by atoms with Gasteiger partial charge < -0.3 is 9.64 Å². The highest BCUT2D eigenvalue weighted by Gasteiger charge is 2.31. The van der Waals surface area contributed by atoms with Crippen LogP contribution in [-0.4, -0.2) is 50.5 Å². The lowest BCUT2D eigenvalue weighted by Gasteiger charge is -2.22. The second kappa shape index (κ2) is 11.2. The zero-order valence-electron chi connectivity index (χ0n) is 17.8. The van der Waals surface area contributed by atoms with Crippen LogP contribution in [0.3, 0.4) is 0 Å². The number of ether oxygens (including phenoxy) is 1. The summed E-state index contributed by atoms with van der Waals surface area (Å²) >= 11 is 5.89. The number of benzene rings is 2. The van der Waals surface area contributed by atoms with E-state index in [9.17, 15) is 18.0 Å². The summed E-state index contributed by atoms with van der Waals surface area (Å²) in [4.78, 5) is 26.5.